The van der Waals surface area contributed by atoms with Gasteiger partial charge in [-0.1, -0.05) is 11.6 Å². The van der Waals surface area contributed by atoms with Gasteiger partial charge in [0.25, 0.3) is 0 Å². The maximum absolute atomic E-state index is 13.0. The molecule has 1 aromatic carbocycles. The summed E-state index contributed by atoms with van der Waals surface area (Å²) in [6.45, 7) is 5.52. The summed E-state index contributed by atoms with van der Waals surface area (Å²) < 4.78 is 13.0. The number of carbonyl (C=O) groups excluding carboxylic acids is 1. The number of nitrogens with one attached hydrogen (secondary N) is 1. The van der Waals surface area contributed by atoms with Crippen molar-refractivity contribution in [3.63, 3.8) is 0 Å². The maximum Gasteiger partial charge on any atom is 0.322 e. The van der Waals surface area contributed by atoms with E-state index in [0.717, 1.165) is 0 Å². The highest BCUT2D eigenvalue weighted by Crippen LogP contribution is 2.19. The van der Waals surface area contributed by atoms with Crippen molar-refractivity contribution in [2.75, 3.05) is 11.9 Å². The molecule has 0 radical (unpaired) electrons. The van der Waals surface area contributed by atoms with Crippen molar-refractivity contribution in [3.05, 3.63) is 29.0 Å². The van der Waals surface area contributed by atoms with Crippen LogP contribution in [0.1, 0.15) is 20.8 Å². The van der Waals surface area contributed by atoms with Gasteiger partial charge in [0.2, 0.25) is 0 Å². The smallest absolute Gasteiger partial charge is 0.322 e. The minimum absolute atomic E-state index is 0.0515. The average Bonchev–Trinajstić information content (AvgIpc) is 2.30. The van der Waals surface area contributed by atoms with E-state index in [1.54, 1.807) is 6.92 Å². The number of aliphatic hydroxyl groups is 1. The second kappa shape index (κ2) is 6.73. The number of halogens is 2. The van der Waals surface area contributed by atoms with E-state index in [0.29, 0.717) is 5.69 Å². The molecule has 0 aliphatic carbocycles. The van der Waals surface area contributed by atoms with Crippen LogP contribution in [0.25, 0.3) is 0 Å². The summed E-state index contributed by atoms with van der Waals surface area (Å²) >= 11 is 5.64. The summed E-state index contributed by atoms with van der Waals surface area (Å²) in [6.07, 6.45) is -0.620. The first-order valence-corrected chi connectivity index (χ1v) is 6.39. The fourth-order valence-electron chi connectivity index (χ4n) is 1.58. The Hall–Kier alpha value is -1.33. The lowest BCUT2D eigenvalue weighted by Crippen LogP contribution is -2.43. The molecule has 0 heterocycles. The van der Waals surface area contributed by atoms with E-state index in [4.69, 9.17) is 11.6 Å². The molecule has 2 N–H and O–H groups in total. The van der Waals surface area contributed by atoms with Gasteiger partial charge in [-0.15, -0.1) is 0 Å². The first-order valence-electron chi connectivity index (χ1n) is 6.02. The van der Waals surface area contributed by atoms with Crippen molar-refractivity contribution in [1.82, 2.24) is 4.90 Å². The van der Waals surface area contributed by atoms with E-state index in [2.05, 4.69) is 5.32 Å². The Labute approximate surface area is 117 Å². The Morgan fingerprint density at radius 2 is 2.11 bits per heavy atom. The van der Waals surface area contributed by atoms with E-state index in [-0.39, 0.29) is 23.6 Å². The molecule has 1 unspecified atom stereocenters. The van der Waals surface area contributed by atoms with Gasteiger partial charge in [0.1, 0.15) is 5.82 Å². The summed E-state index contributed by atoms with van der Waals surface area (Å²) in [5.74, 6) is -0.538. The van der Waals surface area contributed by atoms with Gasteiger partial charge in [-0.25, -0.2) is 9.18 Å². The summed E-state index contributed by atoms with van der Waals surface area (Å²) in [7, 11) is 0. The molecule has 6 heteroatoms. The number of rotatable bonds is 4. The van der Waals surface area contributed by atoms with Crippen LogP contribution >= 0.6 is 11.6 Å². The Morgan fingerprint density at radius 1 is 1.47 bits per heavy atom. The molecular weight excluding hydrogens is 271 g/mol. The number of urea groups is 1. The van der Waals surface area contributed by atoms with E-state index in [1.807, 2.05) is 13.8 Å². The van der Waals surface area contributed by atoms with Gasteiger partial charge in [-0.05, 0) is 39.0 Å². The van der Waals surface area contributed by atoms with Gasteiger partial charge in [0.05, 0.1) is 11.1 Å². The van der Waals surface area contributed by atoms with Crippen LogP contribution in [0.15, 0.2) is 18.2 Å². The molecule has 0 spiro atoms. The minimum atomic E-state index is -0.620. The van der Waals surface area contributed by atoms with Gasteiger partial charge < -0.3 is 15.3 Å². The Balaban J connectivity index is 2.78. The minimum Gasteiger partial charge on any atom is -0.392 e. The second-order valence-electron chi connectivity index (χ2n) is 4.65. The average molecular weight is 289 g/mol. The van der Waals surface area contributed by atoms with Crippen LogP contribution in [-0.4, -0.2) is 34.7 Å². The molecule has 0 fully saturated rings. The molecule has 19 heavy (non-hydrogen) atoms. The molecule has 0 aliphatic heterocycles. The molecule has 1 rings (SSSR count). The first-order chi connectivity index (χ1) is 8.81. The van der Waals surface area contributed by atoms with Crippen LogP contribution < -0.4 is 5.32 Å². The van der Waals surface area contributed by atoms with Crippen molar-refractivity contribution in [3.8, 4) is 0 Å². The van der Waals surface area contributed by atoms with Crippen LogP contribution in [0.4, 0.5) is 14.9 Å². The van der Waals surface area contributed by atoms with Gasteiger partial charge in [0.15, 0.2) is 0 Å². The molecule has 0 saturated carbocycles. The second-order valence-corrected chi connectivity index (χ2v) is 5.06. The van der Waals surface area contributed by atoms with Gasteiger partial charge in [-0.3, -0.25) is 0 Å². The zero-order valence-electron chi connectivity index (χ0n) is 11.2. The summed E-state index contributed by atoms with van der Waals surface area (Å²) in [6, 6.07) is 3.53. The highest BCUT2D eigenvalue weighted by molar-refractivity contribution is 6.31. The number of aliphatic hydroxyl groups excluding tert-OH is 1. The summed E-state index contributed by atoms with van der Waals surface area (Å²) in [5.41, 5.74) is 0.410. The number of hydrogen-bond acceptors (Lipinski definition) is 2. The van der Waals surface area contributed by atoms with E-state index in [1.165, 1.54) is 23.1 Å². The zero-order valence-corrected chi connectivity index (χ0v) is 11.9. The third-order valence-corrected chi connectivity index (χ3v) is 2.81. The van der Waals surface area contributed by atoms with Crippen LogP contribution in [0, 0.1) is 5.82 Å². The van der Waals surface area contributed by atoms with Gasteiger partial charge >= 0.3 is 6.03 Å². The van der Waals surface area contributed by atoms with Crippen LogP contribution in [0.5, 0.6) is 0 Å². The zero-order chi connectivity index (χ0) is 14.6. The molecular formula is C13H18ClFN2O2. The Bertz CT molecular complexity index is 452. The standard InChI is InChI=1S/C13H18ClFN2O2/c1-8(2)17(7-9(3)18)13(19)16-10-4-5-12(15)11(14)6-10/h4-6,8-9,18H,7H2,1-3H3,(H,16,19). The number of hydrogen-bond donors (Lipinski definition) is 2. The topological polar surface area (TPSA) is 52.6 Å². The number of amides is 2. The Morgan fingerprint density at radius 3 is 2.58 bits per heavy atom. The lowest BCUT2D eigenvalue weighted by atomic mass is 10.2. The highest BCUT2D eigenvalue weighted by Gasteiger charge is 2.18. The van der Waals surface area contributed by atoms with Crippen LogP contribution in [0.2, 0.25) is 5.02 Å². The predicted octanol–water partition coefficient (Wildman–Crippen LogP) is 3.10. The summed E-state index contributed by atoms with van der Waals surface area (Å²) in [4.78, 5) is 13.5. The third-order valence-electron chi connectivity index (χ3n) is 2.52. The fraction of sp³-hybridized carbons (Fsp3) is 0.462. The number of carbonyl (C=O) groups is 1. The monoisotopic (exact) mass is 288 g/mol. The normalized spacial score (nSPS) is 12.4. The maximum atomic E-state index is 13.0. The lowest BCUT2D eigenvalue weighted by Gasteiger charge is -2.28. The first kappa shape index (κ1) is 15.7. The van der Waals surface area contributed by atoms with Crippen LogP contribution in [-0.2, 0) is 0 Å². The number of nitrogens with zero attached hydrogens (tertiary/aromatic N) is 1. The van der Waals surface area contributed by atoms with Crippen LogP contribution in [0.3, 0.4) is 0 Å². The molecule has 106 valence electrons. The summed E-state index contributed by atoms with van der Waals surface area (Å²) in [5, 5.41) is 11.9. The fourth-order valence-corrected chi connectivity index (χ4v) is 1.76. The van der Waals surface area contributed by atoms with E-state index < -0.39 is 11.9 Å². The molecule has 0 aliphatic rings. The van der Waals surface area contributed by atoms with Gasteiger partial charge in [0, 0.05) is 18.3 Å². The SMILES string of the molecule is CC(O)CN(C(=O)Nc1ccc(F)c(Cl)c1)C(C)C. The quantitative estimate of drug-likeness (QED) is 0.894. The Kier molecular flexibility index (Phi) is 5.57. The van der Waals surface area contributed by atoms with Crippen molar-refractivity contribution >= 4 is 23.3 Å². The van der Waals surface area contributed by atoms with Crippen molar-refractivity contribution in [2.45, 2.75) is 32.9 Å². The molecule has 1 atom stereocenters. The van der Waals surface area contributed by atoms with Crippen molar-refractivity contribution < 1.29 is 14.3 Å². The lowest BCUT2D eigenvalue weighted by molar-refractivity contribution is 0.125. The molecule has 1 aromatic rings. The highest BCUT2D eigenvalue weighted by atomic mass is 35.5. The predicted molar refractivity (Wildman–Crippen MR) is 74.0 cm³/mol. The molecule has 0 bridgehead atoms. The largest absolute Gasteiger partial charge is 0.392 e. The number of anilines is 1. The van der Waals surface area contributed by atoms with Crippen molar-refractivity contribution in [2.24, 2.45) is 0 Å². The van der Waals surface area contributed by atoms with Gasteiger partial charge in [-0.2, -0.15) is 0 Å². The molecule has 2 amide bonds. The third kappa shape index (κ3) is 4.69. The number of benzene rings is 1. The molecule has 0 aromatic heterocycles. The van der Waals surface area contributed by atoms with E-state index in [9.17, 15) is 14.3 Å². The molecule has 0 saturated heterocycles. The molecule has 4 nitrogen and oxygen atoms in total. The van der Waals surface area contributed by atoms with E-state index >= 15 is 0 Å². The van der Waals surface area contributed by atoms with Crippen molar-refractivity contribution in [1.29, 1.82) is 0 Å².